The topological polar surface area (TPSA) is 37.4 Å². The lowest BCUT2D eigenvalue weighted by Gasteiger charge is -2.31. The summed E-state index contributed by atoms with van der Waals surface area (Å²) >= 11 is 6.31. The second-order valence-corrected chi connectivity index (χ2v) is 7.71. The molecule has 144 valence electrons. The minimum absolute atomic E-state index is 0.0359. The monoisotopic (exact) mass is 393 g/mol. The minimum Gasteiger partial charge on any atom is -0.313 e. The number of terminal acetylenes is 1. The Balaban J connectivity index is 1.96. The highest BCUT2D eigenvalue weighted by Crippen LogP contribution is 2.33. The van der Waals surface area contributed by atoms with Crippen molar-refractivity contribution in [1.82, 2.24) is 4.90 Å². The molecule has 28 heavy (non-hydrogen) atoms. The number of hydrogen-bond acceptors (Lipinski definition) is 2. The van der Waals surface area contributed by atoms with Gasteiger partial charge in [-0.25, -0.2) is 0 Å². The molecule has 3 nitrogen and oxygen atoms in total. The lowest BCUT2D eigenvalue weighted by molar-refractivity contribution is -0.136. The number of carbonyl (C=O) groups excluding carboxylic acids is 2. The number of hydrogen-bond donors (Lipinski definition) is 0. The second kappa shape index (κ2) is 9.57. The number of benzene rings is 2. The van der Waals surface area contributed by atoms with Gasteiger partial charge in [-0.3, -0.25) is 9.59 Å². The van der Waals surface area contributed by atoms with E-state index in [0.29, 0.717) is 17.4 Å². The van der Waals surface area contributed by atoms with Crippen LogP contribution in [0.5, 0.6) is 0 Å². The Hall–Kier alpha value is -2.57. The average molecular weight is 394 g/mol. The average Bonchev–Trinajstić information content (AvgIpc) is 3.22. The molecule has 0 radical (unpaired) electrons. The Morgan fingerprint density at radius 3 is 2.36 bits per heavy atom. The Bertz CT molecular complexity index is 866. The summed E-state index contributed by atoms with van der Waals surface area (Å²) in [5, 5.41) is 0.548. The summed E-state index contributed by atoms with van der Waals surface area (Å²) in [4.78, 5) is 27.5. The van der Waals surface area contributed by atoms with Crippen molar-refractivity contribution in [2.45, 2.75) is 44.7 Å². The molecule has 2 aromatic rings. The molecule has 0 heterocycles. The molecule has 1 aliphatic rings. The summed E-state index contributed by atoms with van der Waals surface area (Å²) in [5.41, 5.74) is 1.54. The Morgan fingerprint density at radius 2 is 1.71 bits per heavy atom. The van der Waals surface area contributed by atoms with Crippen LogP contribution in [0.2, 0.25) is 5.02 Å². The molecule has 0 spiro atoms. The molecule has 1 saturated carbocycles. The lowest BCUT2D eigenvalue weighted by Crippen LogP contribution is -2.38. The summed E-state index contributed by atoms with van der Waals surface area (Å²) in [6.07, 6.45) is 10.4. The zero-order valence-corrected chi connectivity index (χ0v) is 16.6. The number of halogens is 1. The Morgan fingerprint density at radius 1 is 1.07 bits per heavy atom. The van der Waals surface area contributed by atoms with Crippen LogP contribution in [0.1, 0.15) is 49.3 Å². The SMILES string of the molecule is C#CC(=O)N(Cc1ccccc1Cl)C(C(=O)CC1CCCC1)c1ccccc1. The molecule has 1 unspecified atom stereocenters. The molecular formula is C24H24ClNO2. The van der Waals surface area contributed by atoms with E-state index >= 15 is 0 Å². The fraction of sp³-hybridized carbons (Fsp3) is 0.333. The van der Waals surface area contributed by atoms with E-state index in [0.717, 1.165) is 24.0 Å². The molecular weight excluding hydrogens is 370 g/mol. The first-order valence-electron chi connectivity index (χ1n) is 9.68. The molecule has 0 N–H and O–H groups in total. The minimum atomic E-state index is -0.707. The first-order chi connectivity index (χ1) is 13.6. The number of rotatable bonds is 7. The van der Waals surface area contributed by atoms with Crippen LogP contribution in [0.15, 0.2) is 54.6 Å². The molecule has 1 aliphatic carbocycles. The second-order valence-electron chi connectivity index (χ2n) is 7.30. The van der Waals surface area contributed by atoms with Crippen LogP contribution in [0.3, 0.4) is 0 Å². The van der Waals surface area contributed by atoms with Gasteiger partial charge in [0.2, 0.25) is 0 Å². The van der Waals surface area contributed by atoms with E-state index in [1.807, 2.05) is 48.5 Å². The van der Waals surface area contributed by atoms with Crippen molar-refractivity contribution in [1.29, 1.82) is 0 Å². The summed E-state index contributed by atoms with van der Waals surface area (Å²) in [6.45, 7) is 0.193. The van der Waals surface area contributed by atoms with Crippen molar-refractivity contribution < 1.29 is 9.59 Å². The van der Waals surface area contributed by atoms with Gasteiger partial charge in [0.05, 0.1) is 0 Å². The molecule has 1 amide bonds. The zero-order valence-electron chi connectivity index (χ0n) is 15.8. The van der Waals surface area contributed by atoms with Crippen molar-refractivity contribution >= 4 is 23.3 Å². The molecule has 3 rings (SSSR count). The Labute approximate surface area is 171 Å². The van der Waals surface area contributed by atoms with Crippen LogP contribution in [-0.2, 0) is 16.1 Å². The van der Waals surface area contributed by atoms with Gasteiger partial charge in [-0.1, -0.05) is 85.8 Å². The Kier molecular flexibility index (Phi) is 6.90. The van der Waals surface area contributed by atoms with Crippen molar-refractivity contribution in [2.75, 3.05) is 0 Å². The van der Waals surface area contributed by atoms with E-state index in [2.05, 4.69) is 5.92 Å². The highest BCUT2D eigenvalue weighted by atomic mass is 35.5. The van der Waals surface area contributed by atoms with E-state index in [4.69, 9.17) is 18.0 Å². The van der Waals surface area contributed by atoms with Gasteiger partial charge in [-0.2, -0.15) is 0 Å². The zero-order chi connectivity index (χ0) is 19.9. The smallest absolute Gasteiger partial charge is 0.299 e. The van der Waals surface area contributed by atoms with Crippen molar-refractivity contribution in [2.24, 2.45) is 5.92 Å². The van der Waals surface area contributed by atoms with Crippen LogP contribution in [-0.4, -0.2) is 16.6 Å². The standard InChI is InChI=1S/C24H24ClNO2/c1-2-23(28)26(17-20-14-8-9-15-21(20)25)24(19-12-4-3-5-13-19)22(27)16-18-10-6-7-11-18/h1,3-5,8-9,12-15,18,24H,6-7,10-11,16-17H2. The van der Waals surface area contributed by atoms with Gasteiger partial charge >= 0.3 is 0 Å². The van der Waals surface area contributed by atoms with Crippen LogP contribution in [0.25, 0.3) is 0 Å². The number of amides is 1. The number of Topliss-reactive ketones (excluding diaryl/α,β-unsaturated/α-hetero) is 1. The van der Waals surface area contributed by atoms with Gasteiger partial charge < -0.3 is 4.90 Å². The van der Waals surface area contributed by atoms with Crippen LogP contribution < -0.4 is 0 Å². The first kappa shape index (κ1) is 20.2. The van der Waals surface area contributed by atoms with Crippen molar-refractivity contribution in [3.8, 4) is 12.3 Å². The van der Waals surface area contributed by atoms with E-state index in [1.54, 1.807) is 6.07 Å². The van der Waals surface area contributed by atoms with Crippen molar-refractivity contribution in [3.05, 3.63) is 70.7 Å². The van der Waals surface area contributed by atoms with Gasteiger partial charge in [0.1, 0.15) is 6.04 Å². The third kappa shape index (κ3) is 4.82. The third-order valence-corrected chi connectivity index (χ3v) is 5.75. The maximum Gasteiger partial charge on any atom is 0.299 e. The first-order valence-corrected chi connectivity index (χ1v) is 10.1. The molecule has 1 atom stereocenters. The highest BCUT2D eigenvalue weighted by Gasteiger charge is 2.32. The maximum atomic E-state index is 13.3. The number of nitrogens with zero attached hydrogens (tertiary/aromatic N) is 1. The van der Waals surface area contributed by atoms with Crippen LogP contribution in [0, 0.1) is 18.3 Å². The maximum absolute atomic E-state index is 13.3. The summed E-state index contributed by atoms with van der Waals surface area (Å²) in [6, 6.07) is 16.0. The molecule has 4 heteroatoms. The largest absolute Gasteiger partial charge is 0.313 e. The fourth-order valence-electron chi connectivity index (χ4n) is 3.96. The quantitative estimate of drug-likeness (QED) is 0.607. The van der Waals surface area contributed by atoms with Gasteiger partial charge in [0.15, 0.2) is 5.78 Å². The molecule has 1 fully saturated rings. The van der Waals surface area contributed by atoms with Crippen LogP contribution >= 0.6 is 11.6 Å². The normalized spacial score (nSPS) is 15.0. The van der Waals surface area contributed by atoms with E-state index in [1.165, 1.54) is 17.7 Å². The van der Waals surface area contributed by atoms with Gasteiger partial charge in [-0.15, -0.1) is 6.42 Å². The fourth-order valence-corrected chi connectivity index (χ4v) is 4.15. The lowest BCUT2D eigenvalue weighted by atomic mass is 9.92. The molecule has 0 bridgehead atoms. The molecule has 0 aromatic heterocycles. The predicted molar refractivity (Wildman–Crippen MR) is 112 cm³/mol. The van der Waals surface area contributed by atoms with Gasteiger partial charge in [-0.05, 0) is 29.0 Å². The third-order valence-electron chi connectivity index (χ3n) is 5.38. The molecule has 2 aromatic carbocycles. The van der Waals surface area contributed by atoms with Crippen LogP contribution in [0.4, 0.5) is 0 Å². The highest BCUT2D eigenvalue weighted by molar-refractivity contribution is 6.31. The van der Waals surface area contributed by atoms with Crippen molar-refractivity contribution in [3.63, 3.8) is 0 Å². The summed E-state index contributed by atoms with van der Waals surface area (Å²) in [5.74, 6) is 2.12. The van der Waals surface area contributed by atoms with E-state index in [-0.39, 0.29) is 12.3 Å². The number of carbonyl (C=O) groups is 2. The van der Waals surface area contributed by atoms with E-state index < -0.39 is 11.9 Å². The summed E-state index contributed by atoms with van der Waals surface area (Å²) in [7, 11) is 0. The molecule has 0 aliphatic heterocycles. The molecule has 0 saturated heterocycles. The van der Waals surface area contributed by atoms with Gasteiger partial charge in [0.25, 0.3) is 5.91 Å². The summed E-state index contributed by atoms with van der Waals surface area (Å²) < 4.78 is 0. The van der Waals surface area contributed by atoms with E-state index in [9.17, 15) is 9.59 Å². The van der Waals surface area contributed by atoms with Gasteiger partial charge in [0, 0.05) is 18.0 Å². The predicted octanol–water partition coefficient (Wildman–Crippen LogP) is 5.19. The number of ketones is 1.